The lowest BCUT2D eigenvalue weighted by molar-refractivity contribution is -0.137. The van der Waals surface area contributed by atoms with Gasteiger partial charge in [0.15, 0.2) is 0 Å². The summed E-state index contributed by atoms with van der Waals surface area (Å²) in [6.07, 6.45) is 1.19. The van der Waals surface area contributed by atoms with Gasteiger partial charge in [-0.3, -0.25) is 19.0 Å². The lowest BCUT2D eigenvalue weighted by Gasteiger charge is -2.15. The molecule has 154 valence electrons. The van der Waals surface area contributed by atoms with Gasteiger partial charge in [0.1, 0.15) is 29.6 Å². The molecular formula is C21H19N3O6. The van der Waals surface area contributed by atoms with Crippen LogP contribution in [0.4, 0.5) is 5.69 Å². The van der Waals surface area contributed by atoms with Crippen LogP contribution in [0.3, 0.4) is 0 Å². The average Bonchev–Trinajstić information content (AvgIpc) is 2.76. The SMILES string of the molecule is COc1ccc(-c2ncc(NC(=O)c3ccccc3)c(=O)n2CC(=O)O)c(OC)c1. The zero-order chi connectivity index (χ0) is 21.7. The zero-order valence-corrected chi connectivity index (χ0v) is 16.3. The molecule has 1 amide bonds. The molecule has 0 aliphatic carbocycles. The summed E-state index contributed by atoms with van der Waals surface area (Å²) in [6.45, 7) is -0.647. The summed E-state index contributed by atoms with van der Waals surface area (Å²) in [5, 5.41) is 11.8. The summed E-state index contributed by atoms with van der Waals surface area (Å²) < 4.78 is 11.5. The Morgan fingerprint density at radius 3 is 2.47 bits per heavy atom. The van der Waals surface area contributed by atoms with Crippen molar-refractivity contribution in [3.05, 3.63) is 70.6 Å². The zero-order valence-electron chi connectivity index (χ0n) is 16.3. The van der Waals surface area contributed by atoms with Crippen molar-refractivity contribution in [1.82, 2.24) is 9.55 Å². The number of benzene rings is 2. The number of carbonyl (C=O) groups excluding carboxylic acids is 1. The molecule has 1 heterocycles. The quantitative estimate of drug-likeness (QED) is 0.614. The van der Waals surface area contributed by atoms with Gasteiger partial charge in [-0.15, -0.1) is 0 Å². The van der Waals surface area contributed by atoms with Gasteiger partial charge >= 0.3 is 5.97 Å². The first kappa shape index (κ1) is 20.6. The first-order valence-electron chi connectivity index (χ1n) is 8.85. The summed E-state index contributed by atoms with van der Waals surface area (Å²) >= 11 is 0. The number of anilines is 1. The molecule has 2 aromatic carbocycles. The van der Waals surface area contributed by atoms with E-state index < -0.39 is 24.0 Å². The summed E-state index contributed by atoms with van der Waals surface area (Å²) in [7, 11) is 2.93. The molecule has 0 atom stereocenters. The fraction of sp³-hybridized carbons (Fsp3) is 0.143. The van der Waals surface area contributed by atoms with Crippen LogP contribution in [0.1, 0.15) is 10.4 Å². The Bertz CT molecular complexity index is 1140. The number of aliphatic carboxylic acids is 1. The number of rotatable bonds is 7. The smallest absolute Gasteiger partial charge is 0.323 e. The lowest BCUT2D eigenvalue weighted by atomic mass is 10.1. The Hall–Kier alpha value is -4.14. The van der Waals surface area contributed by atoms with Gasteiger partial charge in [0, 0.05) is 11.6 Å². The topological polar surface area (TPSA) is 120 Å². The van der Waals surface area contributed by atoms with E-state index in [4.69, 9.17) is 9.47 Å². The Morgan fingerprint density at radius 1 is 1.10 bits per heavy atom. The molecule has 0 fully saturated rings. The van der Waals surface area contributed by atoms with Crippen LogP contribution in [0.5, 0.6) is 11.5 Å². The van der Waals surface area contributed by atoms with E-state index >= 15 is 0 Å². The van der Waals surface area contributed by atoms with E-state index in [1.807, 2.05) is 0 Å². The molecule has 0 aliphatic rings. The van der Waals surface area contributed by atoms with Gasteiger partial charge < -0.3 is 19.9 Å². The Balaban J connectivity index is 2.08. The molecule has 1 aromatic heterocycles. The van der Waals surface area contributed by atoms with Gasteiger partial charge in [0.2, 0.25) is 0 Å². The molecule has 9 heteroatoms. The fourth-order valence-electron chi connectivity index (χ4n) is 2.84. The predicted molar refractivity (Wildman–Crippen MR) is 109 cm³/mol. The average molecular weight is 409 g/mol. The van der Waals surface area contributed by atoms with Crippen molar-refractivity contribution >= 4 is 17.6 Å². The normalized spacial score (nSPS) is 10.3. The lowest BCUT2D eigenvalue weighted by Crippen LogP contribution is -2.30. The monoisotopic (exact) mass is 409 g/mol. The van der Waals surface area contributed by atoms with E-state index in [0.29, 0.717) is 22.6 Å². The van der Waals surface area contributed by atoms with Gasteiger partial charge in [-0.05, 0) is 24.3 Å². The molecule has 3 rings (SSSR count). The number of amides is 1. The number of ether oxygens (including phenoxy) is 2. The highest BCUT2D eigenvalue weighted by atomic mass is 16.5. The van der Waals surface area contributed by atoms with E-state index in [-0.39, 0.29) is 11.5 Å². The number of carboxylic acids is 1. The molecule has 0 saturated heterocycles. The summed E-state index contributed by atoms with van der Waals surface area (Å²) in [6, 6.07) is 13.2. The van der Waals surface area contributed by atoms with Crippen LogP contribution >= 0.6 is 0 Å². The number of carbonyl (C=O) groups is 2. The minimum atomic E-state index is -1.24. The molecular weight excluding hydrogens is 390 g/mol. The van der Waals surface area contributed by atoms with Crippen LogP contribution in [0.2, 0.25) is 0 Å². The maximum Gasteiger partial charge on any atom is 0.323 e. The first-order chi connectivity index (χ1) is 14.4. The van der Waals surface area contributed by atoms with E-state index in [1.54, 1.807) is 48.5 Å². The molecule has 0 bridgehead atoms. The molecule has 30 heavy (non-hydrogen) atoms. The summed E-state index contributed by atoms with van der Waals surface area (Å²) in [5.41, 5.74) is -0.0916. The minimum Gasteiger partial charge on any atom is -0.497 e. The van der Waals surface area contributed by atoms with Crippen LogP contribution < -0.4 is 20.3 Å². The highest BCUT2D eigenvalue weighted by Gasteiger charge is 2.19. The second-order valence-electron chi connectivity index (χ2n) is 6.17. The number of hydrogen-bond donors (Lipinski definition) is 2. The third kappa shape index (κ3) is 4.30. The molecule has 0 radical (unpaired) electrons. The number of hydrogen-bond acceptors (Lipinski definition) is 6. The van der Waals surface area contributed by atoms with Gasteiger partial charge in [0.25, 0.3) is 11.5 Å². The second kappa shape index (κ2) is 8.91. The number of aromatic nitrogens is 2. The third-order valence-corrected chi connectivity index (χ3v) is 4.27. The largest absolute Gasteiger partial charge is 0.497 e. The Kier molecular flexibility index (Phi) is 6.11. The van der Waals surface area contributed by atoms with Crippen LogP contribution in [0.15, 0.2) is 59.5 Å². The van der Waals surface area contributed by atoms with Gasteiger partial charge in [-0.1, -0.05) is 18.2 Å². The van der Waals surface area contributed by atoms with Crippen LogP contribution in [0, 0.1) is 0 Å². The Morgan fingerprint density at radius 2 is 1.83 bits per heavy atom. The van der Waals surface area contributed by atoms with E-state index in [2.05, 4.69) is 10.3 Å². The van der Waals surface area contributed by atoms with Crippen molar-refractivity contribution in [3.8, 4) is 22.9 Å². The second-order valence-corrected chi connectivity index (χ2v) is 6.17. The van der Waals surface area contributed by atoms with Crippen LogP contribution in [0.25, 0.3) is 11.4 Å². The highest BCUT2D eigenvalue weighted by molar-refractivity contribution is 6.04. The maximum absolute atomic E-state index is 13.0. The first-order valence-corrected chi connectivity index (χ1v) is 8.85. The van der Waals surface area contributed by atoms with Crippen LogP contribution in [-0.2, 0) is 11.3 Å². The van der Waals surface area contributed by atoms with Crippen molar-refractivity contribution in [1.29, 1.82) is 0 Å². The Labute approximate surface area is 171 Å². The van der Waals surface area contributed by atoms with E-state index in [1.165, 1.54) is 20.4 Å². The number of nitrogens with zero attached hydrogens (tertiary/aromatic N) is 2. The van der Waals surface area contributed by atoms with Gasteiger partial charge in [-0.2, -0.15) is 0 Å². The number of carboxylic acid groups (broad SMARTS) is 1. The van der Waals surface area contributed by atoms with Gasteiger partial charge in [0.05, 0.1) is 26.0 Å². The number of methoxy groups -OCH3 is 2. The van der Waals surface area contributed by atoms with Gasteiger partial charge in [-0.25, -0.2) is 4.98 Å². The molecule has 0 spiro atoms. The summed E-state index contributed by atoms with van der Waals surface area (Å²) in [4.78, 5) is 41.0. The number of nitrogens with one attached hydrogen (secondary N) is 1. The maximum atomic E-state index is 13.0. The van der Waals surface area contributed by atoms with Crippen LogP contribution in [-0.4, -0.2) is 40.8 Å². The molecule has 9 nitrogen and oxygen atoms in total. The summed E-state index contributed by atoms with van der Waals surface area (Å²) in [5.74, 6) is -0.791. The molecule has 0 saturated carbocycles. The fourth-order valence-corrected chi connectivity index (χ4v) is 2.84. The molecule has 0 unspecified atom stereocenters. The minimum absolute atomic E-state index is 0.0830. The van der Waals surface area contributed by atoms with Crippen molar-refractivity contribution in [2.24, 2.45) is 0 Å². The van der Waals surface area contributed by atoms with E-state index in [0.717, 1.165) is 4.57 Å². The molecule has 0 aliphatic heterocycles. The van der Waals surface area contributed by atoms with E-state index in [9.17, 15) is 19.5 Å². The van der Waals surface area contributed by atoms with Crippen molar-refractivity contribution in [3.63, 3.8) is 0 Å². The highest BCUT2D eigenvalue weighted by Crippen LogP contribution is 2.32. The molecule has 2 N–H and O–H groups in total. The third-order valence-electron chi connectivity index (χ3n) is 4.27. The van der Waals surface area contributed by atoms with Crippen molar-refractivity contribution in [2.75, 3.05) is 19.5 Å². The van der Waals surface area contributed by atoms with Crippen molar-refractivity contribution < 1.29 is 24.2 Å². The predicted octanol–water partition coefficient (Wildman–Crippen LogP) is 2.26. The molecule has 3 aromatic rings. The van der Waals surface area contributed by atoms with Crippen molar-refractivity contribution in [2.45, 2.75) is 6.54 Å². The standard InChI is InChI=1S/C21H19N3O6/c1-29-14-8-9-15(17(10-14)30-2)19-22-11-16(21(28)24(19)12-18(25)26)23-20(27)13-6-4-3-5-7-13/h3-11H,12H2,1-2H3,(H,23,27)(H,25,26).